The van der Waals surface area contributed by atoms with Crippen molar-refractivity contribution in [2.24, 2.45) is 0 Å². The number of halogens is 2. The van der Waals surface area contributed by atoms with Gasteiger partial charge in [-0.05, 0) is 36.4 Å². The second kappa shape index (κ2) is 8.65. The number of rotatable bonds is 6. The van der Waals surface area contributed by atoms with Crippen LogP contribution in [0.4, 0.5) is 5.69 Å². The highest BCUT2D eigenvalue weighted by Gasteiger charge is 2.13. The van der Waals surface area contributed by atoms with E-state index in [0.717, 1.165) is 0 Å². The van der Waals surface area contributed by atoms with Crippen molar-refractivity contribution in [1.82, 2.24) is 4.57 Å². The molecule has 0 aliphatic rings. The molecule has 0 unspecified atom stereocenters. The molecule has 0 aliphatic carbocycles. The number of hydrogen-bond acceptors (Lipinski definition) is 4. The molecule has 0 aliphatic heterocycles. The number of carbonyl (C=O) groups excluding carboxylic acids is 1. The van der Waals surface area contributed by atoms with E-state index >= 15 is 0 Å². The van der Waals surface area contributed by atoms with E-state index in [9.17, 15) is 9.59 Å². The van der Waals surface area contributed by atoms with Gasteiger partial charge in [0, 0.05) is 24.1 Å². The fourth-order valence-electron chi connectivity index (χ4n) is 2.98. The summed E-state index contributed by atoms with van der Waals surface area (Å²) in [5.74, 6) is 0.124. The van der Waals surface area contributed by atoms with Gasteiger partial charge in [0.25, 0.3) is 0 Å². The maximum Gasteiger partial charge on any atom is 0.419 e. The van der Waals surface area contributed by atoms with E-state index in [1.807, 2.05) is 6.07 Å². The predicted molar refractivity (Wildman–Crippen MR) is 117 cm³/mol. The number of nitrogens with zero attached hydrogens (tertiary/aromatic N) is 1. The number of benzene rings is 3. The van der Waals surface area contributed by atoms with Crippen LogP contribution in [0.2, 0.25) is 10.0 Å². The van der Waals surface area contributed by atoms with E-state index < -0.39 is 5.76 Å². The number of oxazole rings is 1. The van der Waals surface area contributed by atoms with Crippen molar-refractivity contribution in [2.45, 2.75) is 13.0 Å². The van der Waals surface area contributed by atoms with Gasteiger partial charge in [-0.1, -0.05) is 47.5 Å². The average molecular weight is 443 g/mol. The number of hydrogen-bond donors (Lipinski definition) is 1. The molecule has 3 aromatic carbocycles. The second-order valence-electron chi connectivity index (χ2n) is 6.46. The van der Waals surface area contributed by atoms with Crippen molar-refractivity contribution in [3.8, 4) is 11.5 Å². The van der Waals surface area contributed by atoms with Gasteiger partial charge < -0.3 is 14.5 Å². The van der Waals surface area contributed by atoms with Gasteiger partial charge in [-0.2, -0.15) is 0 Å². The van der Waals surface area contributed by atoms with Crippen molar-refractivity contribution in [3.63, 3.8) is 0 Å². The molecule has 0 atom stereocenters. The zero-order chi connectivity index (χ0) is 21.1. The van der Waals surface area contributed by atoms with Crippen LogP contribution >= 0.6 is 23.2 Å². The molecule has 0 spiro atoms. The zero-order valence-electron chi connectivity index (χ0n) is 15.6. The Morgan fingerprint density at radius 3 is 2.53 bits per heavy atom. The van der Waals surface area contributed by atoms with Crippen LogP contribution in [-0.2, 0) is 11.3 Å². The zero-order valence-corrected chi connectivity index (χ0v) is 17.1. The minimum Gasteiger partial charge on any atom is -0.454 e. The Kier molecular flexibility index (Phi) is 5.79. The average Bonchev–Trinajstić information content (AvgIpc) is 3.03. The number of aryl methyl sites for hydroxylation is 1. The molecule has 4 aromatic rings. The van der Waals surface area contributed by atoms with Gasteiger partial charge in [0.15, 0.2) is 11.3 Å². The summed E-state index contributed by atoms with van der Waals surface area (Å²) in [5.41, 5.74) is 1.46. The van der Waals surface area contributed by atoms with Gasteiger partial charge in [0.2, 0.25) is 5.91 Å². The van der Waals surface area contributed by atoms with Crippen molar-refractivity contribution in [2.75, 3.05) is 5.32 Å². The molecule has 6 nitrogen and oxygen atoms in total. The molecular weight excluding hydrogens is 427 g/mol. The second-order valence-corrected chi connectivity index (χ2v) is 7.30. The molecule has 0 bridgehead atoms. The van der Waals surface area contributed by atoms with Gasteiger partial charge in [-0.15, -0.1) is 0 Å². The summed E-state index contributed by atoms with van der Waals surface area (Å²) >= 11 is 12.1. The highest BCUT2D eigenvalue weighted by molar-refractivity contribution is 6.32. The number of aromatic nitrogens is 1. The Morgan fingerprint density at radius 2 is 1.73 bits per heavy atom. The quantitative estimate of drug-likeness (QED) is 0.414. The number of ether oxygens (including phenoxy) is 1. The summed E-state index contributed by atoms with van der Waals surface area (Å²) in [5, 5.41) is 3.75. The first-order valence-corrected chi connectivity index (χ1v) is 9.87. The number of anilines is 1. The monoisotopic (exact) mass is 442 g/mol. The first kappa shape index (κ1) is 20.1. The van der Waals surface area contributed by atoms with Crippen LogP contribution in [0.1, 0.15) is 6.42 Å². The predicted octanol–water partition coefficient (Wildman–Crippen LogP) is 5.72. The van der Waals surface area contributed by atoms with E-state index in [2.05, 4.69) is 5.32 Å². The van der Waals surface area contributed by atoms with Crippen LogP contribution in [0.15, 0.2) is 75.9 Å². The third kappa shape index (κ3) is 4.35. The van der Waals surface area contributed by atoms with Gasteiger partial charge in [0.05, 0.1) is 16.2 Å². The maximum atomic E-state index is 12.5. The Bertz CT molecular complexity index is 1280. The number of amides is 1. The molecule has 0 saturated carbocycles. The Balaban J connectivity index is 1.47. The Hall–Kier alpha value is -3.22. The van der Waals surface area contributed by atoms with Crippen LogP contribution in [0.25, 0.3) is 11.1 Å². The molecular formula is C22H16Cl2N2O4. The topological polar surface area (TPSA) is 73.5 Å². The van der Waals surface area contributed by atoms with Gasteiger partial charge >= 0.3 is 5.76 Å². The smallest absolute Gasteiger partial charge is 0.419 e. The lowest BCUT2D eigenvalue weighted by molar-refractivity contribution is -0.116. The summed E-state index contributed by atoms with van der Waals surface area (Å²) in [7, 11) is 0. The van der Waals surface area contributed by atoms with E-state index in [-0.39, 0.29) is 18.9 Å². The van der Waals surface area contributed by atoms with Gasteiger partial charge in [-0.3, -0.25) is 9.36 Å². The number of fused-ring (bicyclic) bond motifs is 1. The SMILES string of the molecule is O=C(CCn1c(=O)oc2cc(Cl)ccc21)Nc1ccccc1Oc1ccccc1Cl. The van der Waals surface area contributed by atoms with E-state index in [4.69, 9.17) is 32.4 Å². The molecule has 1 aromatic heterocycles. The Labute approximate surface area is 181 Å². The van der Waals surface area contributed by atoms with Crippen molar-refractivity contribution in [3.05, 3.63) is 87.3 Å². The molecule has 1 amide bonds. The highest BCUT2D eigenvalue weighted by atomic mass is 35.5. The van der Waals surface area contributed by atoms with Crippen LogP contribution < -0.4 is 15.8 Å². The first-order chi connectivity index (χ1) is 14.5. The van der Waals surface area contributed by atoms with Crippen LogP contribution in [-0.4, -0.2) is 10.5 Å². The van der Waals surface area contributed by atoms with Crippen LogP contribution in [0, 0.1) is 0 Å². The van der Waals surface area contributed by atoms with Crippen molar-refractivity contribution in [1.29, 1.82) is 0 Å². The Morgan fingerprint density at radius 1 is 1.00 bits per heavy atom. The number of nitrogens with one attached hydrogen (secondary N) is 1. The molecule has 0 fully saturated rings. The molecule has 0 saturated heterocycles. The lowest BCUT2D eigenvalue weighted by Crippen LogP contribution is -2.20. The molecule has 4 rings (SSSR count). The molecule has 0 radical (unpaired) electrons. The largest absolute Gasteiger partial charge is 0.454 e. The van der Waals surface area contributed by atoms with Crippen LogP contribution in [0.5, 0.6) is 11.5 Å². The van der Waals surface area contributed by atoms with Crippen LogP contribution in [0.3, 0.4) is 0 Å². The minimum absolute atomic E-state index is 0.0671. The van der Waals surface area contributed by atoms with Crippen molar-refractivity contribution >= 4 is 45.9 Å². The van der Waals surface area contributed by atoms with E-state index in [0.29, 0.717) is 38.3 Å². The van der Waals surface area contributed by atoms with Gasteiger partial charge in [0.1, 0.15) is 5.75 Å². The summed E-state index contributed by atoms with van der Waals surface area (Å²) in [6.45, 7) is 0.160. The minimum atomic E-state index is -0.539. The first-order valence-electron chi connectivity index (χ1n) is 9.11. The standard InChI is InChI=1S/C22H16Cl2N2O4/c23-14-9-10-17-20(13-14)30-22(28)26(17)12-11-21(27)25-16-6-2-4-8-19(16)29-18-7-3-1-5-15(18)24/h1-10,13H,11-12H2,(H,25,27). The normalized spacial score (nSPS) is 10.9. The molecule has 152 valence electrons. The molecule has 8 heteroatoms. The molecule has 1 heterocycles. The molecule has 1 N–H and O–H groups in total. The maximum absolute atomic E-state index is 12.5. The van der Waals surface area contributed by atoms with E-state index in [1.54, 1.807) is 60.7 Å². The summed E-state index contributed by atoms with van der Waals surface area (Å²) in [6.07, 6.45) is 0.0671. The fraction of sp³-hybridized carbons (Fsp3) is 0.0909. The van der Waals surface area contributed by atoms with Crippen molar-refractivity contribution < 1.29 is 13.9 Å². The number of carbonyl (C=O) groups is 1. The highest BCUT2D eigenvalue weighted by Crippen LogP contribution is 2.33. The summed E-state index contributed by atoms with van der Waals surface area (Å²) in [6, 6.07) is 19.0. The number of para-hydroxylation sites is 3. The van der Waals surface area contributed by atoms with E-state index in [1.165, 1.54) is 4.57 Å². The lowest BCUT2D eigenvalue weighted by atomic mass is 10.2. The third-order valence-electron chi connectivity index (χ3n) is 4.41. The molecule has 30 heavy (non-hydrogen) atoms. The fourth-order valence-corrected chi connectivity index (χ4v) is 3.32. The third-order valence-corrected chi connectivity index (χ3v) is 4.96. The summed E-state index contributed by atoms with van der Waals surface area (Å²) in [4.78, 5) is 24.6. The van der Waals surface area contributed by atoms with Gasteiger partial charge in [-0.25, -0.2) is 4.79 Å². The lowest BCUT2D eigenvalue weighted by Gasteiger charge is -2.13. The summed E-state index contributed by atoms with van der Waals surface area (Å²) < 4.78 is 12.4.